The zero-order valence-electron chi connectivity index (χ0n) is 24.7. The van der Waals surface area contributed by atoms with E-state index >= 15 is 0 Å². The molecule has 1 fully saturated rings. The molecule has 4 rings (SSSR count). The number of carbonyl (C=O) groups excluding carboxylic acids is 3. The van der Waals surface area contributed by atoms with Crippen molar-refractivity contribution in [2.75, 3.05) is 41.5 Å². The van der Waals surface area contributed by atoms with Gasteiger partial charge in [-0.15, -0.1) is 5.06 Å². The maximum atomic E-state index is 12.1. The Hall–Kier alpha value is -3.49. The van der Waals surface area contributed by atoms with Gasteiger partial charge in [0, 0.05) is 49.5 Å². The van der Waals surface area contributed by atoms with E-state index in [1.165, 1.54) is 16.1 Å². The number of azo groups is 1. The van der Waals surface area contributed by atoms with Crippen molar-refractivity contribution >= 4 is 56.7 Å². The third-order valence-electron chi connectivity index (χ3n) is 7.30. The number of aryl methyl sites for hydroxylation is 1. The van der Waals surface area contributed by atoms with Crippen LogP contribution in [0.5, 0.6) is 0 Å². The number of benzene rings is 2. The van der Waals surface area contributed by atoms with Gasteiger partial charge in [-0.3, -0.25) is 14.1 Å². The number of amides is 2. The Balaban J connectivity index is 1.25. The van der Waals surface area contributed by atoms with Crippen molar-refractivity contribution in [3.63, 3.8) is 0 Å². The molecule has 1 saturated heterocycles. The van der Waals surface area contributed by atoms with Crippen LogP contribution in [0, 0.1) is 0 Å². The van der Waals surface area contributed by atoms with E-state index in [1.807, 2.05) is 24.3 Å². The van der Waals surface area contributed by atoms with Crippen LogP contribution in [0.3, 0.4) is 0 Å². The number of nitrogens with one attached hydrogen (secondary N) is 1. The van der Waals surface area contributed by atoms with Crippen LogP contribution in [0.2, 0.25) is 0 Å². The lowest BCUT2D eigenvalue weighted by atomic mass is 10.0. The van der Waals surface area contributed by atoms with Gasteiger partial charge in [-0.2, -0.15) is 18.6 Å². The summed E-state index contributed by atoms with van der Waals surface area (Å²) in [5.74, 6) is -1.40. The quantitative estimate of drug-likeness (QED) is 0.0738. The first-order chi connectivity index (χ1) is 21.2. The second-order valence-corrected chi connectivity index (χ2v) is 13.2. The van der Waals surface area contributed by atoms with Crippen molar-refractivity contribution in [3.05, 3.63) is 48.0 Å². The average Bonchev–Trinajstić information content (AvgIpc) is 3.32. The molecule has 44 heavy (non-hydrogen) atoms. The Morgan fingerprint density at radius 2 is 1.70 bits per heavy atom. The molecule has 0 unspecified atom stereocenters. The normalized spacial score (nSPS) is 15.0. The van der Waals surface area contributed by atoms with Crippen LogP contribution in [0.1, 0.15) is 63.4 Å². The Morgan fingerprint density at radius 3 is 2.43 bits per heavy atom. The molecule has 2 aromatic carbocycles. The molecule has 2 aliphatic rings. The van der Waals surface area contributed by atoms with Gasteiger partial charge in [0.2, 0.25) is 0 Å². The minimum absolute atomic E-state index is 0.0583. The zero-order chi connectivity index (χ0) is 31.4. The minimum Gasteiger partial charge on any atom is -0.384 e. The lowest BCUT2D eigenvalue weighted by Crippen LogP contribution is -2.32. The van der Waals surface area contributed by atoms with E-state index in [0.717, 1.165) is 37.2 Å². The van der Waals surface area contributed by atoms with Gasteiger partial charge >= 0.3 is 5.97 Å². The van der Waals surface area contributed by atoms with E-state index in [2.05, 4.69) is 38.6 Å². The molecule has 2 N–H and O–H groups in total. The van der Waals surface area contributed by atoms with Crippen LogP contribution in [-0.4, -0.2) is 67.1 Å². The Labute approximate surface area is 262 Å². The second kappa shape index (κ2) is 16.5. The van der Waals surface area contributed by atoms with E-state index in [9.17, 15) is 22.8 Å². The second-order valence-electron chi connectivity index (χ2n) is 10.7. The van der Waals surface area contributed by atoms with Crippen molar-refractivity contribution in [2.45, 2.75) is 69.1 Å². The van der Waals surface area contributed by atoms with Crippen molar-refractivity contribution < 1.29 is 32.2 Å². The van der Waals surface area contributed by atoms with Crippen LogP contribution in [0.15, 0.2) is 57.6 Å². The molecule has 0 saturated carbocycles. The van der Waals surface area contributed by atoms with Gasteiger partial charge in [0.05, 0.1) is 17.1 Å². The first-order valence-corrected chi connectivity index (χ1v) is 17.5. The molecule has 0 radical (unpaired) electrons. The van der Waals surface area contributed by atoms with Gasteiger partial charge in [-0.1, -0.05) is 30.3 Å². The number of hydrogen-bond acceptors (Lipinski definition) is 11. The summed E-state index contributed by atoms with van der Waals surface area (Å²) in [5, 5.41) is 12.8. The highest BCUT2D eigenvalue weighted by molar-refractivity contribution is 7.99. The van der Waals surface area contributed by atoms with Gasteiger partial charge in [0.25, 0.3) is 21.9 Å². The standard InChI is InChI=1S/C30H39N5O7S2/c36-27-16-17-28(37)35(27)42-29(38)11-2-1-3-19-34(20-4-5-21-44(39,40)41)25-14-12-24(13-15-25)33-32-22-43-26-10-6-8-23-9-7-18-31-30(23)26/h6,8,10,12-15,31H,1-5,7,9,11,16-22H2,(H,39,40,41). The summed E-state index contributed by atoms with van der Waals surface area (Å²) in [5.41, 5.74) is 4.21. The van der Waals surface area contributed by atoms with Crippen LogP contribution < -0.4 is 10.2 Å². The molecule has 2 aliphatic heterocycles. The van der Waals surface area contributed by atoms with Crippen LogP contribution in [0.25, 0.3) is 0 Å². The van der Waals surface area contributed by atoms with Crippen molar-refractivity contribution in [1.29, 1.82) is 0 Å². The molecule has 238 valence electrons. The smallest absolute Gasteiger partial charge is 0.333 e. The molecule has 0 aliphatic carbocycles. The maximum absolute atomic E-state index is 12.1. The van der Waals surface area contributed by atoms with Crippen LogP contribution in [-0.2, 0) is 35.8 Å². The molecule has 2 aromatic rings. The largest absolute Gasteiger partial charge is 0.384 e. The zero-order valence-corrected chi connectivity index (χ0v) is 26.3. The summed E-state index contributed by atoms with van der Waals surface area (Å²) in [6.07, 6.45) is 5.33. The van der Waals surface area contributed by atoms with Gasteiger partial charge in [0.1, 0.15) is 5.88 Å². The van der Waals surface area contributed by atoms with Crippen LogP contribution >= 0.6 is 11.8 Å². The fourth-order valence-electron chi connectivity index (χ4n) is 5.05. The summed E-state index contributed by atoms with van der Waals surface area (Å²) in [6, 6.07) is 14.0. The van der Waals surface area contributed by atoms with Crippen molar-refractivity contribution in [3.8, 4) is 0 Å². The summed E-state index contributed by atoms with van der Waals surface area (Å²) in [4.78, 5) is 43.5. The molecule has 14 heteroatoms. The lowest BCUT2D eigenvalue weighted by Gasteiger charge is -2.25. The summed E-state index contributed by atoms with van der Waals surface area (Å²) < 4.78 is 31.3. The third kappa shape index (κ3) is 10.6. The number of nitrogens with zero attached hydrogens (tertiary/aromatic N) is 4. The summed E-state index contributed by atoms with van der Waals surface area (Å²) in [7, 11) is -4.01. The van der Waals surface area contributed by atoms with Gasteiger partial charge in [-0.05, 0) is 74.4 Å². The van der Waals surface area contributed by atoms with Crippen molar-refractivity contribution in [2.24, 2.45) is 10.2 Å². The third-order valence-corrected chi connectivity index (χ3v) is 9.00. The fraction of sp³-hybridized carbons (Fsp3) is 0.500. The van der Waals surface area contributed by atoms with E-state index in [4.69, 9.17) is 9.39 Å². The predicted octanol–water partition coefficient (Wildman–Crippen LogP) is 5.52. The molecular formula is C30H39N5O7S2. The predicted molar refractivity (Wildman–Crippen MR) is 168 cm³/mol. The van der Waals surface area contributed by atoms with E-state index in [1.54, 1.807) is 11.8 Å². The molecule has 0 spiro atoms. The van der Waals surface area contributed by atoms with Crippen molar-refractivity contribution in [1.82, 2.24) is 5.06 Å². The molecule has 2 amide bonds. The van der Waals surface area contributed by atoms with Gasteiger partial charge in [0.15, 0.2) is 0 Å². The molecule has 12 nitrogen and oxygen atoms in total. The summed E-state index contributed by atoms with van der Waals surface area (Å²) >= 11 is 1.64. The molecule has 2 heterocycles. The first kappa shape index (κ1) is 33.4. The monoisotopic (exact) mass is 645 g/mol. The number of para-hydroxylation sites is 1. The lowest BCUT2D eigenvalue weighted by molar-refractivity contribution is -0.197. The SMILES string of the molecule is O=C(CCCCCN(CCCCS(=O)(=O)O)c1ccc(N=NCSc2cccc3c2NCCC3)cc1)ON1C(=O)CCC1=O. The molecule has 0 atom stereocenters. The van der Waals surface area contributed by atoms with Gasteiger partial charge < -0.3 is 15.1 Å². The molecular weight excluding hydrogens is 606 g/mol. The highest BCUT2D eigenvalue weighted by Crippen LogP contribution is 2.33. The average molecular weight is 646 g/mol. The number of hydrogen-bond donors (Lipinski definition) is 2. The van der Waals surface area contributed by atoms with E-state index < -0.39 is 27.9 Å². The van der Waals surface area contributed by atoms with E-state index in [0.29, 0.717) is 49.7 Å². The molecule has 0 aromatic heterocycles. The Kier molecular flexibility index (Phi) is 12.6. The Bertz CT molecular complexity index is 1420. The number of thioether (sulfide) groups is 1. The van der Waals surface area contributed by atoms with Crippen LogP contribution in [0.4, 0.5) is 17.1 Å². The minimum atomic E-state index is -4.01. The summed E-state index contributed by atoms with van der Waals surface area (Å²) in [6.45, 7) is 2.23. The number of anilines is 2. The van der Waals surface area contributed by atoms with Gasteiger partial charge in [-0.25, -0.2) is 4.79 Å². The van der Waals surface area contributed by atoms with E-state index in [-0.39, 0.29) is 25.0 Å². The number of imide groups is 1. The topological polar surface area (TPSA) is 158 Å². The number of carbonyl (C=O) groups is 3. The molecule has 0 bridgehead atoms. The number of rotatable bonds is 17. The number of unbranched alkanes of at least 4 members (excludes halogenated alkanes) is 3. The Morgan fingerprint density at radius 1 is 0.977 bits per heavy atom. The first-order valence-electron chi connectivity index (χ1n) is 14.9. The highest BCUT2D eigenvalue weighted by Gasteiger charge is 2.32. The maximum Gasteiger partial charge on any atom is 0.333 e. The number of hydroxylamine groups is 2. The fourth-order valence-corrected chi connectivity index (χ4v) is 6.39. The number of fused-ring (bicyclic) bond motifs is 1. The highest BCUT2D eigenvalue weighted by atomic mass is 32.2.